The lowest BCUT2D eigenvalue weighted by Crippen LogP contribution is -2.49. The number of nitrogens with zero attached hydrogens (tertiary/aromatic N) is 2. The van der Waals surface area contributed by atoms with E-state index in [4.69, 9.17) is 14.2 Å². The Kier molecular flexibility index (Phi) is 8.53. The zero-order valence-electron chi connectivity index (χ0n) is 22.9. The van der Waals surface area contributed by atoms with Gasteiger partial charge in [0.05, 0.1) is 19.3 Å². The maximum absolute atomic E-state index is 13.9. The molecule has 3 aromatic rings. The van der Waals surface area contributed by atoms with Crippen LogP contribution in [0.3, 0.4) is 0 Å². The lowest BCUT2D eigenvalue weighted by atomic mass is 10.00. The van der Waals surface area contributed by atoms with Gasteiger partial charge in [0, 0.05) is 30.1 Å². The number of thiophene rings is 1. The first-order chi connectivity index (χ1) is 18.9. The number of carbonyl (C=O) groups is 2. The second-order valence-corrected chi connectivity index (χ2v) is 11.3. The maximum Gasteiger partial charge on any atom is 0.254 e. The van der Waals surface area contributed by atoms with Crippen molar-refractivity contribution in [3.05, 3.63) is 81.0 Å². The molecule has 2 aromatic carbocycles. The highest BCUT2D eigenvalue weighted by Crippen LogP contribution is 2.34. The predicted octanol–water partition coefficient (Wildman–Crippen LogP) is 5.20. The van der Waals surface area contributed by atoms with E-state index < -0.39 is 0 Å². The van der Waals surface area contributed by atoms with Crippen LogP contribution in [0.15, 0.2) is 53.9 Å². The molecule has 0 unspecified atom stereocenters. The molecular formula is C31H36N2O5S. The average Bonchev–Trinajstić information content (AvgIpc) is 3.64. The van der Waals surface area contributed by atoms with Gasteiger partial charge in [-0.25, -0.2) is 0 Å². The maximum atomic E-state index is 13.9. The van der Waals surface area contributed by atoms with Gasteiger partial charge in [-0.2, -0.15) is 0 Å². The number of fused-ring (bicyclic) bond motifs is 1. The number of amides is 2. The summed E-state index contributed by atoms with van der Waals surface area (Å²) in [6.45, 7) is 6.09. The Morgan fingerprint density at radius 2 is 2.03 bits per heavy atom. The van der Waals surface area contributed by atoms with Crippen LogP contribution < -0.4 is 9.47 Å². The molecule has 0 radical (unpaired) electrons. The largest absolute Gasteiger partial charge is 0.497 e. The fourth-order valence-electron chi connectivity index (χ4n) is 5.45. The van der Waals surface area contributed by atoms with Crippen LogP contribution in [0.1, 0.15) is 50.8 Å². The van der Waals surface area contributed by atoms with Gasteiger partial charge < -0.3 is 24.0 Å². The molecule has 5 rings (SSSR count). The van der Waals surface area contributed by atoms with E-state index in [2.05, 4.69) is 24.4 Å². The highest BCUT2D eigenvalue weighted by molar-refractivity contribution is 7.10. The third kappa shape index (κ3) is 6.28. The van der Waals surface area contributed by atoms with E-state index in [9.17, 15) is 9.59 Å². The van der Waals surface area contributed by atoms with Gasteiger partial charge in [-0.15, -0.1) is 11.3 Å². The normalized spacial score (nSPS) is 18.5. The minimum Gasteiger partial charge on any atom is -0.497 e. The van der Waals surface area contributed by atoms with Crippen molar-refractivity contribution in [1.29, 1.82) is 0 Å². The first kappa shape index (κ1) is 27.2. The second kappa shape index (κ2) is 12.2. The van der Waals surface area contributed by atoms with Gasteiger partial charge in [0.1, 0.15) is 24.7 Å². The van der Waals surface area contributed by atoms with Crippen molar-refractivity contribution in [2.24, 2.45) is 0 Å². The Balaban J connectivity index is 1.36. The Hall–Kier alpha value is -3.36. The van der Waals surface area contributed by atoms with E-state index in [-0.39, 0.29) is 30.5 Å². The minimum absolute atomic E-state index is 0.0184. The molecule has 3 heterocycles. The number of hydrogen-bond donors (Lipinski definition) is 0. The smallest absolute Gasteiger partial charge is 0.254 e. The van der Waals surface area contributed by atoms with Gasteiger partial charge in [-0.1, -0.05) is 23.8 Å². The molecule has 1 saturated heterocycles. The standard InChI is InChI=1S/C31H36N2O5S/c1-21-9-10-28(22(2)16-21)38-20-27-26-12-15-39-29(26)11-13-33(27)30(34)19-32(18-25-8-5-14-37-25)31(35)23-6-4-7-24(17-23)36-3/h4,6-7,9-10,12,15-17,25,27H,5,8,11,13-14,18-20H2,1-3H3/t25-,27-/m1/s1. The van der Waals surface area contributed by atoms with Gasteiger partial charge in [0.2, 0.25) is 5.91 Å². The quantitative estimate of drug-likeness (QED) is 0.368. The molecule has 2 aliphatic rings. The Bertz CT molecular complexity index is 1320. The second-order valence-electron chi connectivity index (χ2n) is 10.3. The van der Waals surface area contributed by atoms with Gasteiger partial charge >= 0.3 is 0 Å². The van der Waals surface area contributed by atoms with Gasteiger partial charge in [-0.3, -0.25) is 9.59 Å². The van der Waals surface area contributed by atoms with Crippen molar-refractivity contribution in [1.82, 2.24) is 9.80 Å². The summed E-state index contributed by atoms with van der Waals surface area (Å²) in [4.78, 5) is 32.4. The topological polar surface area (TPSA) is 68.3 Å². The molecule has 0 saturated carbocycles. The number of aryl methyl sites for hydroxylation is 2. The van der Waals surface area contributed by atoms with Gasteiger partial charge in [0.15, 0.2) is 0 Å². The van der Waals surface area contributed by atoms with Gasteiger partial charge in [0.25, 0.3) is 5.91 Å². The van der Waals surface area contributed by atoms with Crippen LogP contribution in [-0.2, 0) is 16.0 Å². The summed E-state index contributed by atoms with van der Waals surface area (Å²) >= 11 is 1.72. The Morgan fingerprint density at radius 1 is 1.15 bits per heavy atom. The highest BCUT2D eigenvalue weighted by atomic mass is 32.1. The first-order valence-corrected chi connectivity index (χ1v) is 14.4. The summed E-state index contributed by atoms with van der Waals surface area (Å²) in [5.41, 5.74) is 3.88. The first-order valence-electron chi connectivity index (χ1n) is 13.5. The number of ether oxygens (including phenoxy) is 3. The van der Waals surface area contributed by atoms with Gasteiger partial charge in [-0.05, 0) is 79.9 Å². The summed E-state index contributed by atoms with van der Waals surface area (Å²) < 4.78 is 17.5. The number of hydrogen-bond acceptors (Lipinski definition) is 6. The molecule has 1 fully saturated rings. The summed E-state index contributed by atoms with van der Waals surface area (Å²) in [7, 11) is 1.58. The molecule has 8 heteroatoms. The van der Waals surface area contributed by atoms with Crippen molar-refractivity contribution in [3.63, 3.8) is 0 Å². The van der Waals surface area contributed by atoms with Crippen molar-refractivity contribution in [2.75, 3.05) is 40.0 Å². The van der Waals surface area contributed by atoms with E-state index in [1.807, 2.05) is 24.0 Å². The monoisotopic (exact) mass is 548 g/mol. The van der Waals surface area contributed by atoms with Crippen LogP contribution in [0.5, 0.6) is 11.5 Å². The van der Waals surface area contributed by atoms with E-state index in [0.29, 0.717) is 37.6 Å². The van der Waals surface area contributed by atoms with Crippen LogP contribution in [-0.4, -0.2) is 67.7 Å². The Morgan fingerprint density at radius 3 is 2.79 bits per heavy atom. The predicted molar refractivity (Wildman–Crippen MR) is 152 cm³/mol. The van der Waals surface area contributed by atoms with E-state index in [1.54, 1.807) is 47.6 Å². The number of carbonyl (C=O) groups excluding carboxylic acids is 2. The number of methoxy groups -OCH3 is 1. The van der Waals surface area contributed by atoms with Crippen LogP contribution in [0.4, 0.5) is 0 Å². The van der Waals surface area contributed by atoms with Crippen molar-refractivity contribution in [2.45, 2.75) is 45.3 Å². The molecule has 0 aliphatic carbocycles. The van der Waals surface area contributed by atoms with E-state index in [1.165, 1.54) is 10.4 Å². The summed E-state index contributed by atoms with van der Waals surface area (Å²) in [6, 6.07) is 15.1. The summed E-state index contributed by atoms with van der Waals surface area (Å²) in [5.74, 6) is 1.14. The molecule has 39 heavy (non-hydrogen) atoms. The molecule has 2 atom stereocenters. The Labute approximate surface area is 234 Å². The molecule has 0 N–H and O–H groups in total. The molecule has 206 valence electrons. The fourth-order valence-corrected chi connectivity index (χ4v) is 6.38. The minimum atomic E-state index is -0.218. The molecule has 7 nitrogen and oxygen atoms in total. The summed E-state index contributed by atoms with van der Waals surface area (Å²) in [5, 5.41) is 2.08. The average molecular weight is 549 g/mol. The number of rotatable bonds is 9. The van der Waals surface area contributed by atoms with E-state index in [0.717, 1.165) is 36.1 Å². The zero-order valence-corrected chi connectivity index (χ0v) is 23.7. The lowest BCUT2D eigenvalue weighted by molar-refractivity contribution is -0.135. The number of benzene rings is 2. The van der Waals surface area contributed by atoms with Crippen LogP contribution in [0, 0.1) is 13.8 Å². The third-order valence-electron chi connectivity index (χ3n) is 7.52. The van der Waals surface area contributed by atoms with Crippen molar-refractivity contribution >= 4 is 23.2 Å². The van der Waals surface area contributed by atoms with E-state index >= 15 is 0 Å². The molecule has 0 spiro atoms. The molecule has 2 amide bonds. The molecule has 0 bridgehead atoms. The van der Waals surface area contributed by atoms with Crippen molar-refractivity contribution in [3.8, 4) is 11.5 Å². The highest BCUT2D eigenvalue weighted by Gasteiger charge is 2.34. The van der Waals surface area contributed by atoms with Crippen molar-refractivity contribution < 1.29 is 23.8 Å². The van der Waals surface area contributed by atoms with Crippen LogP contribution in [0.25, 0.3) is 0 Å². The molecule has 2 aliphatic heterocycles. The summed E-state index contributed by atoms with van der Waals surface area (Å²) in [6.07, 6.45) is 2.57. The molecular weight excluding hydrogens is 512 g/mol. The molecule has 1 aromatic heterocycles. The zero-order chi connectivity index (χ0) is 27.4. The fraction of sp³-hybridized carbons (Fsp3) is 0.419. The van der Waals surface area contributed by atoms with Crippen LogP contribution >= 0.6 is 11.3 Å². The lowest BCUT2D eigenvalue weighted by Gasteiger charge is -2.37. The third-order valence-corrected chi connectivity index (χ3v) is 8.52. The van der Waals surface area contributed by atoms with Crippen LogP contribution in [0.2, 0.25) is 0 Å². The SMILES string of the molecule is COc1cccc(C(=O)N(CC(=O)N2CCc3sccc3[C@H]2COc2ccc(C)cc2C)C[C@H]2CCCO2)c1.